The van der Waals surface area contributed by atoms with Crippen LogP contribution in [-0.2, 0) is 23.9 Å². The molecule has 2 aromatic heterocycles. The molecule has 0 radical (unpaired) electrons. The Morgan fingerprint density at radius 1 is 1.16 bits per heavy atom. The second-order valence-corrected chi connectivity index (χ2v) is 8.13. The molecule has 1 atom stereocenters. The molecule has 32 heavy (non-hydrogen) atoms. The van der Waals surface area contributed by atoms with Gasteiger partial charge in [-0.25, -0.2) is 4.98 Å². The van der Waals surface area contributed by atoms with Gasteiger partial charge in [-0.15, -0.1) is 0 Å². The van der Waals surface area contributed by atoms with Gasteiger partial charge in [-0.2, -0.15) is 13.2 Å². The maximum atomic E-state index is 12.9. The van der Waals surface area contributed by atoms with Gasteiger partial charge in [0.25, 0.3) is 0 Å². The summed E-state index contributed by atoms with van der Waals surface area (Å²) in [6.07, 6.45) is 3.50. The number of benzene rings is 1. The van der Waals surface area contributed by atoms with Gasteiger partial charge in [0.15, 0.2) is 0 Å². The van der Waals surface area contributed by atoms with Crippen molar-refractivity contribution in [2.45, 2.75) is 51.4 Å². The SMILES string of the molecule is Cc1nccn1CCC(=O)N1CCC[C@H]1c1ccc(Cc2cccc(C(F)(F)F)c2)cn1. The van der Waals surface area contributed by atoms with E-state index in [-0.39, 0.29) is 11.9 Å². The number of aryl methyl sites for hydroxylation is 2. The van der Waals surface area contributed by atoms with Gasteiger partial charge < -0.3 is 9.47 Å². The number of halogens is 3. The van der Waals surface area contributed by atoms with Gasteiger partial charge in [-0.1, -0.05) is 24.3 Å². The fourth-order valence-corrected chi connectivity index (χ4v) is 4.20. The molecule has 1 fully saturated rings. The lowest BCUT2D eigenvalue weighted by atomic mass is 10.0. The molecule has 1 aliphatic rings. The van der Waals surface area contributed by atoms with Crippen molar-refractivity contribution in [3.05, 3.63) is 83.2 Å². The quantitative estimate of drug-likeness (QED) is 0.543. The number of imidazole rings is 1. The number of aromatic nitrogens is 3. The van der Waals surface area contributed by atoms with E-state index in [4.69, 9.17) is 0 Å². The summed E-state index contributed by atoms with van der Waals surface area (Å²) in [5.74, 6) is 0.976. The van der Waals surface area contributed by atoms with Crippen LogP contribution < -0.4 is 0 Å². The number of pyridine rings is 1. The van der Waals surface area contributed by atoms with Crippen LogP contribution in [0.5, 0.6) is 0 Å². The van der Waals surface area contributed by atoms with E-state index < -0.39 is 11.7 Å². The molecule has 3 heterocycles. The highest BCUT2D eigenvalue weighted by Crippen LogP contribution is 2.32. The number of hydrogen-bond donors (Lipinski definition) is 0. The first-order valence-corrected chi connectivity index (χ1v) is 10.7. The molecule has 0 aliphatic carbocycles. The number of carbonyl (C=O) groups excluding carboxylic acids is 1. The highest BCUT2D eigenvalue weighted by atomic mass is 19.4. The summed E-state index contributed by atoms with van der Waals surface area (Å²) in [5, 5.41) is 0. The summed E-state index contributed by atoms with van der Waals surface area (Å²) in [7, 11) is 0. The summed E-state index contributed by atoms with van der Waals surface area (Å²) < 4.78 is 40.8. The van der Waals surface area contributed by atoms with Gasteiger partial charge in [0.2, 0.25) is 5.91 Å². The molecule has 0 spiro atoms. The summed E-state index contributed by atoms with van der Waals surface area (Å²) in [5.41, 5.74) is 1.59. The minimum Gasteiger partial charge on any atom is -0.335 e. The lowest BCUT2D eigenvalue weighted by molar-refractivity contribution is -0.137. The van der Waals surface area contributed by atoms with E-state index in [9.17, 15) is 18.0 Å². The molecular formula is C24H25F3N4O. The lowest BCUT2D eigenvalue weighted by Gasteiger charge is -2.24. The van der Waals surface area contributed by atoms with Gasteiger partial charge >= 0.3 is 6.18 Å². The Bertz CT molecular complexity index is 1080. The smallest absolute Gasteiger partial charge is 0.335 e. The average Bonchev–Trinajstić information content (AvgIpc) is 3.41. The lowest BCUT2D eigenvalue weighted by Crippen LogP contribution is -2.31. The van der Waals surface area contributed by atoms with Crippen LogP contribution >= 0.6 is 0 Å². The van der Waals surface area contributed by atoms with Gasteiger partial charge in [-0.3, -0.25) is 9.78 Å². The third-order valence-corrected chi connectivity index (χ3v) is 5.91. The van der Waals surface area contributed by atoms with Crippen LogP contribution in [0.25, 0.3) is 0 Å². The average molecular weight is 442 g/mol. The molecule has 3 aromatic rings. The molecule has 0 saturated carbocycles. The number of hydrogen-bond acceptors (Lipinski definition) is 3. The minimum absolute atomic E-state index is 0.0611. The van der Waals surface area contributed by atoms with E-state index in [0.717, 1.165) is 36.0 Å². The highest BCUT2D eigenvalue weighted by molar-refractivity contribution is 5.77. The normalized spacial score (nSPS) is 16.5. The molecular weight excluding hydrogens is 417 g/mol. The number of rotatable bonds is 6. The van der Waals surface area contributed by atoms with E-state index >= 15 is 0 Å². The van der Waals surface area contributed by atoms with Crippen molar-refractivity contribution < 1.29 is 18.0 Å². The third kappa shape index (κ3) is 5.00. The second-order valence-electron chi connectivity index (χ2n) is 8.13. The molecule has 5 nitrogen and oxygen atoms in total. The number of carbonyl (C=O) groups is 1. The maximum Gasteiger partial charge on any atom is 0.416 e. The first-order valence-electron chi connectivity index (χ1n) is 10.7. The zero-order valence-corrected chi connectivity index (χ0v) is 17.8. The number of likely N-dealkylation sites (tertiary alicyclic amines) is 1. The van der Waals surface area contributed by atoms with Gasteiger partial charge in [0, 0.05) is 38.1 Å². The molecule has 0 bridgehead atoms. The first kappa shape index (κ1) is 22.0. The summed E-state index contributed by atoms with van der Waals surface area (Å²) >= 11 is 0. The Hall–Kier alpha value is -3.16. The Morgan fingerprint density at radius 3 is 2.69 bits per heavy atom. The Labute approximate surface area is 184 Å². The van der Waals surface area contributed by atoms with Crippen molar-refractivity contribution in [3.63, 3.8) is 0 Å². The van der Waals surface area contributed by atoms with E-state index in [1.807, 2.05) is 34.7 Å². The van der Waals surface area contributed by atoms with Crippen LogP contribution in [0, 0.1) is 6.92 Å². The Morgan fingerprint density at radius 2 is 2.00 bits per heavy atom. The molecule has 4 rings (SSSR count). The summed E-state index contributed by atoms with van der Waals surface area (Å²) in [6.45, 7) is 3.21. The molecule has 1 saturated heterocycles. The number of nitrogens with zero attached hydrogens (tertiary/aromatic N) is 4. The van der Waals surface area contributed by atoms with E-state index in [0.29, 0.717) is 31.5 Å². The largest absolute Gasteiger partial charge is 0.416 e. The second kappa shape index (κ2) is 9.14. The molecule has 1 aliphatic heterocycles. The molecule has 168 valence electrons. The van der Waals surface area contributed by atoms with Crippen molar-refractivity contribution in [1.29, 1.82) is 0 Å². The van der Waals surface area contributed by atoms with Crippen LogP contribution in [0.1, 0.15) is 53.5 Å². The van der Waals surface area contributed by atoms with Crippen LogP contribution in [0.3, 0.4) is 0 Å². The van der Waals surface area contributed by atoms with Gasteiger partial charge in [-0.05, 0) is 49.4 Å². The number of amides is 1. The van der Waals surface area contributed by atoms with Crippen molar-refractivity contribution >= 4 is 5.91 Å². The third-order valence-electron chi connectivity index (χ3n) is 5.91. The van der Waals surface area contributed by atoms with Crippen LogP contribution in [0.2, 0.25) is 0 Å². The first-order chi connectivity index (χ1) is 15.3. The monoisotopic (exact) mass is 442 g/mol. The molecule has 1 amide bonds. The predicted molar refractivity (Wildman–Crippen MR) is 114 cm³/mol. The topological polar surface area (TPSA) is 51.0 Å². The van der Waals surface area contributed by atoms with Crippen LogP contribution in [0.15, 0.2) is 55.0 Å². The molecule has 0 unspecified atom stereocenters. The molecule has 0 N–H and O–H groups in total. The highest BCUT2D eigenvalue weighted by Gasteiger charge is 2.31. The van der Waals surface area contributed by atoms with E-state index in [1.54, 1.807) is 18.5 Å². The molecule has 1 aromatic carbocycles. The van der Waals surface area contributed by atoms with Crippen molar-refractivity contribution in [3.8, 4) is 0 Å². The van der Waals surface area contributed by atoms with Gasteiger partial charge in [0.05, 0.1) is 17.3 Å². The van der Waals surface area contributed by atoms with Crippen LogP contribution in [0.4, 0.5) is 13.2 Å². The zero-order valence-electron chi connectivity index (χ0n) is 17.8. The summed E-state index contributed by atoms with van der Waals surface area (Å²) in [6, 6.07) is 9.07. The maximum absolute atomic E-state index is 12.9. The minimum atomic E-state index is -4.35. The fraction of sp³-hybridized carbons (Fsp3) is 0.375. The van der Waals surface area contributed by atoms with Crippen molar-refractivity contribution in [2.75, 3.05) is 6.54 Å². The fourth-order valence-electron chi connectivity index (χ4n) is 4.20. The summed E-state index contributed by atoms with van der Waals surface area (Å²) in [4.78, 5) is 23.5. The predicted octanol–water partition coefficient (Wildman–Crippen LogP) is 4.95. The Balaban J connectivity index is 1.40. The van der Waals surface area contributed by atoms with Gasteiger partial charge in [0.1, 0.15) is 5.82 Å². The molecule has 8 heteroatoms. The van der Waals surface area contributed by atoms with E-state index in [1.165, 1.54) is 12.1 Å². The zero-order chi connectivity index (χ0) is 22.7. The van der Waals surface area contributed by atoms with E-state index in [2.05, 4.69) is 9.97 Å². The van der Waals surface area contributed by atoms with Crippen molar-refractivity contribution in [2.24, 2.45) is 0 Å². The van der Waals surface area contributed by atoms with Crippen LogP contribution in [-0.4, -0.2) is 31.9 Å². The number of alkyl halides is 3. The standard InChI is InChI=1S/C24H25F3N4O/c1-17-28-10-13-30(17)12-9-23(32)31-11-3-6-22(31)21-8-7-19(16-29-21)14-18-4-2-5-20(15-18)24(25,26)27/h2,4-5,7-8,10,13,15-16,22H,3,6,9,11-12,14H2,1H3/t22-/m0/s1. The Kier molecular flexibility index (Phi) is 6.30. The van der Waals surface area contributed by atoms with Crippen molar-refractivity contribution in [1.82, 2.24) is 19.4 Å².